The van der Waals surface area contributed by atoms with Crippen molar-refractivity contribution in [1.82, 2.24) is 44.2 Å². The maximum absolute atomic E-state index is 14.5. The third kappa shape index (κ3) is 9.20. The molecule has 0 fully saturated rings. The molecule has 2 N–H and O–H groups in total. The van der Waals surface area contributed by atoms with E-state index in [1.54, 1.807) is 24.4 Å². The molecule has 0 saturated heterocycles. The number of hydrogen-bond acceptors (Lipinski definition) is 13. The number of aromatic nitrogens is 7. The van der Waals surface area contributed by atoms with Crippen LogP contribution in [0.3, 0.4) is 0 Å². The monoisotopic (exact) mass is 893 g/mol. The highest BCUT2D eigenvalue weighted by atomic mass is 32.2. The molecule has 6 heterocycles. The fourth-order valence-electron chi connectivity index (χ4n) is 8.10. The number of carbonyl (C=O) groups is 2. The fourth-order valence-corrected chi connectivity index (χ4v) is 10.4. The van der Waals surface area contributed by atoms with Crippen molar-refractivity contribution in [2.45, 2.75) is 94.8 Å². The number of hydrogen-bond donors (Lipinski definition) is 2. The van der Waals surface area contributed by atoms with Crippen LogP contribution in [0.5, 0.6) is 11.8 Å². The second-order valence-electron chi connectivity index (χ2n) is 16.1. The highest BCUT2D eigenvalue weighted by molar-refractivity contribution is 7.90. The van der Waals surface area contributed by atoms with Crippen molar-refractivity contribution in [1.29, 1.82) is 0 Å². The van der Waals surface area contributed by atoms with Crippen molar-refractivity contribution >= 4 is 31.9 Å². The van der Waals surface area contributed by atoms with Crippen LogP contribution in [0.25, 0.3) is 33.4 Å². The van der Waals surface area contributed by atoms with E-state index in [1.807, 2.05) is 58.0 Å². The van der Waals surface area contributed by atoms with Crippen molar-refractivity contribution in [3.05, 3.63) is 102 Å². The van der Waals surface area contributed by atoms with Crippen LogP contribution < -0.4 is 18.9 Å². The van der Waals surface area contributed by atoms with Gasteiger partial charge in [-0.05, 0) is 76.1 Å². The van der Waals surface area contributed by atoms with Crippen LogP contribution in [-0.4, -0.2) is 76.6 Å². The molecule has 0 saturated carbocycles. The SMILES string of the molecule is CC(C)c1cccc2c1CC(=O)NS(=O)(=O)c1nn(cc1-c1cnc3cc1-c1cccc(C(C)C)c1CC(=O)NS(=O)(=O)c1ccnn1CCCCCO3)CCOc1cc-2cnn1. The van der Waals surface area contributed by atoms with Gasteiger partial charge in [0.15, 0.2) is 5.03 Å². The lowest BCUT2D eigenvalue weighted by atomic mass is 9.86. The highest BCUT2D eigenvalue weighted by Crippen LogP contribution is 2.41. The summed E-state index contributed by atoms with van der Waals surface area (Å²) in [6, 6.07) is 15.9. The average Bonchev–Trinajstić information content (AvgIpc) is 3.90. The molecule has 6 bridgehead atoms. The van der Waals surface area contributed by atoms with E-state index < -0.39 is 36.9 Å². The molecule has 328 valence electrons. The predicted molar refractivity (Wildman–Crippen MR) is 232 cm³/mol. The number of aryl methyl sites for hydroxylation is 1. The van der Waals surface area contributed by atoms with E-state index in [2.05, 4.69) is 34.8 Å². The summed E-state index contributed by atoms with van der Waals surface area (Å²) in [5, 5.41) is 16.4. The molecule has 8 rings (SSSR count). The van der Waals surface area contributed by atoms with Crippen molar-refractivity contribution in [3.63, 3.8) is 0 Å². The minimum absolute atomic E-state index is 0.00219. The number of ether oxygens (including phenoxy) is 2. The van der Waals surface area contributed by atoms with Crippen LogP contribution in [0.1, 0.15) is 81.0 Å². The number of pyridine rings is 1. The number of nitrogens with zero attached hydrogens (tertiary/aromatic N) is 7. The van der Waals surface area contributed by atoms with E-state index in [0.29, 0.717) is 64.8 Å². The predicted octanol–water partition coefficient (Wildman–Crippen LogP) is 5.56. The quantitative estimate of drug-likeness (QED) is 0.223. The van der Waals surface area contributed by atoms with E-state index in [9.17, 15) is 26.4 Å². The van der Waals surface area contributed by atoms with E-state index in [0.717, 1.165) is 11.1 Å². The van der Waals surface area contributed by atoms with Gasteiger partial charge in [-0.25, -0.2) is 14.4 Å². The molecular weight excluding hydrogens is 847 g/mol. The summed E-state index contributed by atoms with van der Waals surface area (Å²) in [4.78, 5) is 32.5. The molecule has 0 aliphatic carbocycles. The smallest absolute Gasteiger partial charge is 0.284 e. The Morgan fingerprint density at radius 3 is 2.10 bits per heavy atom. The molecule has 0 spiro atoms. The summed E-state index contributed by atoms with van der Waals surface area (Å²) in [6.45, 7) is 8.59. The lowest BCUT2D eigenvalue weighted by molar-refractivity contribution is -0.119. The van der Waals surface area contributed by atoms with Gasteiger partial charge in [0.2, 0.25) is 28.6 Å². The van der Waals surface area contributed by atoms with Crippen molar-refractivity contribution < 1.29 is 35.9 Å². The molecule has 2 aromatic carbocycles. The molecule has 2 amide bonds. The van der Waals surface area contributed by atoms with Gasteiger partial charge in [0, 0.05) is 47.8 Å². The summed E-state index contributed by atoms with van der Waals surface area (Å²) in [6.07, 6.45) is 7.23. The van der Waals surface area contributed by atoms with Gasteiger partial charge in [-0.1, -0.05) is 64.1 Å². The van der Waals surface area contributed by atoms with Gasteiger partial charge in [-0.3, -0.25) is 19.0 Å². The highest BCUT2D eigenvalue weighted by Gasteiger charge is 2.31. The number of fused-ring (bicyclic) bond motifs is 11. The van der Waals surface area contributed by atoms with Gasteiger partial charge in [0.1, 0.15) is 6.61 Å². The number of amides is 2. The molecule has 0 atom stereocenters. The minimum Gasteiger partial charge on any atom is -0.478 e. The van der Waals surface area contributed by atoms with Crippen molar-refractivity contribution in [2.75, 3.05) is 13.2 Å². The second kappa shape index (κ2) is 17.7. The Morgan fingerprint density at radius 1 is 0.683 bits per heavy atom. The molecular formula is C44H47N9O8S2. The lowest BCUT2D eigenvalue weighted by Crippen LogP contribution is -2.33. The van der Waals surface area contributed by atoms with E-state index >= 15 is 0 Å². The Balaban J connectivity index is 1.27. The summed E-state index contributed by atoms with van der Waals surface area (Å²) in [5.74, 6) is -1.20. The van der Waals surface area contributed by atoms with Crippen LogP contribution in [0.15, 0.2) is 89.4 Å². The molecule has 63 heavy (non-hydrogen) atoms. The van der Waals surface area contributed by atoms with Crippen LogP contribution in [0.2, 0.25) is 0 Å². The van der Waals surface area contributed by atoms with Crippen molar-refractivity contribution in [3.8, 4) is 45.1 Å². The van der Waals surface area contributed by atoms with Gasteiger partial charge in [0.25, 0.3) is 20.0 Å². The zero-order chi connectivity index (χ0) is 44.5. The third-order valence-electron chi connectivity index (χ3n) is 11.0. The molecule has 6 aromatic rings. The first-order chi connectivity index (χ1) is 30.2. The fraction of sp³-hybridized carbons (Fsp3) is 0.341. The zero-order valence-electron chi connectivity index (χ0n) is 35.2. The van der Waals surface area contributed by atoms with Crippen LogP contribution in [0.4, 0.5) is 0 Å². The van der Waals surface area contributed by atoms with Crippen LogP contribution in [-0.2, 0) is 55.6 Å². The van der Waals surface area contributed by atoms with Gasteiger partial charge in [-0.15, -0.1) is 5.10 Å². The number of nitrogens with one attached hydrogen (secondary N) is 2. The summed E-state index contributed by atoms with van der Waals surface area (Å²) in [7, 11) is -8.97. The molecule has 2 aliphatic rings. The van der Waals surface area contributed by atoms with E-state index in [1.165, 1.54) is 34.0 Å². The largest absolute Gasteiger partial charge is 0.478 e. The van der Waals surface area contributed by atoms with Gasteiger partial charge in [-0.2, -0.15) is 32.1 Å². The second-order valence-corrected chi connectivity index (χ2v) is 19.3. The Hall–Kier alpha value is -6.47. The summed E-state index contributed by atoms with van der Waals surface area (Å²) in [5.41, 5.74) is 5.45. The van der Waals surface area contributed by atoms with Gasteiger partial charge < -0.3 is 9.47 Å². The standard InChI is InChI=1S/C44H47N9O8S2/c1-27(2)30-10-8-12-32-29-20-42(48-46-24-29)61-19-17-52-26-38(44(49-52)63(58,59)51-40(55)21-34(30)32)37-25-45-41-23-36(37)33-13-9-11-31(28(3)4)35(33)22-39(54)50-62(56,57)43-14-15-47-53(43)16-6-5-7-18-60-41/h8-15,20,23-28H,5-7,16-19,21-22H2,1-4H3,(H,50,54)(H,51,55). The van der Waals surface area contributed by atoms with E-state index in [4.69, 9.17) is 9.47 Å². The topological polar surface area (TPSA) is 219 Å². The maximum Gasteiger partial charge on any atom is 0.284 e. The zero-order valence-corrected chi connectivity index (χ0v) is 36.9. The average molecular weight is 894 g/mol. The number of benzene rings is 2. The maximum atomic E-state index is 14.5. The molecule has 17 nitrogen and oxygen atoms in total. The minimum atomic E-state index is -4.67. The molecule has 0 radical (unpaired) electrons. The third-order valence-corrected chi connectivity index (χ3v) is 13.7. The Bertz CT molecular complexity index is 2940. The van der Waals surface area contributed by atoms with Crippen LogP contribution in [0, 0.1) is 0 Å². The normalized spacial score (nSPS) is 16.7. The Kier molecular flexibility index (Phi) is 12.1. The van der Waals surface area contributed by atoms with Crippen LogP contribution >= 0.6 is 0 Å². The number of rotatable bonds is 3. The van der Waals surface area contributed by atoms with Crippen molar-refractivity contribution in [2.24, 2.45) is 0 Å². The molecule has 2 aliphatic heterocycles. The molecule has 4 aromatic heterocycles. The number of carbonyl (C=O) groups excluding carboxylic acids is 2. The Labute approximate surface area is 365 Å². The van der Waals surface area contributed by atoms with Gasteiger partial charge >= 0.3 is 0 Å². The lowest BCUT2D eigenvalue weighted by Gasteiger charge is -2.20. The molecule has 0 unspecified atom stereocenters. The van der Waals surface area contributed by atoms with E-state index in [-0.39, 0.29) is 66.8 Å². The first kappa shape index (κ1) is 43.2. The van der Waals surface area contributed by atoms with Gasteiger partial charge in [0.05, 0.1) is 38.4 Å². The number of sulfonamides is 2. The summed E-state index contributed by atoms with van der Waals surface area (Å²) < 4.78 is 75.8. The summed E-state index contributed by atoms with van der Waals surface area (Å²) >= 11 is 0. The molecule has 19 heteroatoms. The first-order valence-electron chi connectivity index (χ1n) is 20.7. The first-order valence-corrected chi connectivity index (χ1v) is 23.7. The Morgan fingerprint density at radius 2 is 1.37 bits per heavy atom.